The molecule has 4 aromatic rings. The number of sulfonamides is 1. The number of ether oxygens (including phenoxy) is 2. The van der Waals surface area contributed by atoms with Crippen LogP contribution in [0.3, 0.4) is 0 Å². The second kappa shape index (κ2) is 10.8. The van der Waals surface area contributed by atoms with Gasteiger partial charge in [0.15, 0.2) is 0 Å². The summed E-state index contributed by atoms with van der Waals surface area (Å²) in [5.41, 5.74) is 5.09. The number of hydrazone groups is 1. The summed E-state index contributed by atoms with van der Waals surface area (Å²) >= 11 is 0. The van der Waals surface area contributed by atoms with Crippen LogP contribution < -0.4 is 19.6 Å². The molecule has 10 nitrogen and oxygen atoms in total. The number of nitro benzene ring substituents is 1. The second-order valence-electron chi connectivity index (χ2n) is 8.63. The highest BCUT2D eigenvalue weighted by molar-refractivity contribution is 7.93. The first kappa shape index (κ1) is 25.7. The first-order valence-corrected chi connectivity index (χ1v) is 13.4. The van der Waals surface area contributed by atoms with Crippen molar-refractivity contribution in [1.82, 2.24) is 0 Å². The zero-order chi connectivity index (χ0) is 27.4. The summed E-state index contributed by atoms with van der Waals surface area (Å²) in [4.78, 5) is 10.5. The van der Waals surface area contributed by atoms with E-state index < -0.39 is 14.9 Å². The quantitative estimate of drug-likeness (QED) is 0.213. The number of nitro groups is 1. The molecule has 1 aliphatic rings. The summed E-state index contributed by atoms with van der Waals surface area (Å²) in [5.74, 6) is 0.944. The molecule has 2 N–H and O–H groups in total. The first-order chi connectivity index (χ1) is 18.9. The van der Waals surface area contributed by atoms with E-state index in [0.717, 1.165) is 17.2 Å². The molecule has 1 aliphatic heterocycles. The summed E-state index contributed by atoms with van der Waals surface area (Å²) in [6.07, 6.45) is 0.122. The molecule has 4 aromatic carbocycles. The lowest BCUT2D eigenvalue weighted by Gasteiger charge is -2.27. The molecule has 39 heavy (non-hydrogen) atoms. The maximum atomic E-state index is 13.5. The van der Waals surface area contributed by atoms with E-state index in [9.17, 15) is 18.5 Å². The summed E-state index contributed by atoms with van der Waals surface area (Å²) in [5, 5.41) is 16.0. The maximum Gasteiger partial charge on any atom is 0.270 e. The summed E-state index contributed by atoms with van der Waals surface area (Å²) in [6.45, 7) is 0. The van der Waals surface area contributed by atoms with Gasteiger partial charge in [0.25, 0.3) is 15.7 Å². The lowest BCUT2D eigenvalue weighted by molar-refractivity contribution is -0.385. The number of methoxy groups -OCH3 is 1. The van der Waals surface area contributed by atoms with E-state index in [1.54, 1.807) is 18.2 Å². The standard InChI is InChI=1S/C28H24N4O6S/c1-37-26-14-8-6-12-22(26)31-39(35,36)28-17-20(32(33)34)15-16-23(28)29-30-24-18-27(19-9-3-2-4-10-19)38-25-13-7-5-11-21(24)25/h2-17,27,29,31H,18H2,1H3/b30-24-. The number of para-hydroxylation sites is 3. The Hall–Kier alpha value is -4.90. The van der Waals surface area contributed by atoms with Gasteiger partial charge in [0.2, 0.25) is 0 Å². The number of hydrogen-bond acceptors (Lipinski definition) is 8. The van der Waals surface area contributed by atoms with Gasteiger partial charge in [-0.3, -0.25) is 20.3 Å². The van der Waals surface area contributed by atoms with Crippen LogP contribution in [0.1, 0.15) is 23.7 Å². The molecule has 0 aliphatic carbocycles. The molecule has 0 saturated carbocycles. The van der Waals surface area contributed by atoms with Crippen LogP contribution in [0.2, 0.25) is 0 Å². The van der Waals surface area contributed by atoms with Gasteiger partial charge < -0.3 is 9.47 Å². The molecular weight excluding hydrogens is 520 g/mol. The maximum absolute atomic E-state index is 13.5. The highest BCUT2D eigenvalue weighted by atomic mass is 32.2. The van der Waals surface area contributed by atoms with Crippen LogP contribution in [-0.2, 0) is 10.0 Å². The number of non-ortho nitro benzene ring substituents is 1. The van der Waals surface area contributed by atoms with Crippen molar-refractivity contribution in [2.75, 3.05) is 17.3 Å². The van der Waals surface area contributed by atoms with Crippen LogP contribution in [0.4, 0.5) is 17.1 Å². The Morgan fingerprint density at radius 2 is 1.67 bits per heavy atom. The van der Waals surface area contributed by atoms with E-state index in [1.165, 1.54) is 25.3 Å². The molecule has 0 bridgehead atoms. The lowest BCUT2D eigenvalue weighted by atomic mass is 9.96. The van der Waals surface area contributed by atoms with Crippen LogP contribution in [-0.4, -0.2) is 26.2 Å². The van der Waals surface area contributed by atoms with E-state index >= 15 is 0 Å². The van der Waals surface area contributed by atoms with Crippen molar-refractivity contribution in [3.63, 3.8) is 0 Å². The van der Waals surface area contributed by atoms with E-state index in [4.69, 9.17) is 9.47 Å². The van der Waals surface area contributed by atoms with Crippen LogP contribution in [0, 0.1) is 10.1 Å². The van der Waals surface area contributed by atoms with E-state index in [1.807, 2.05) is 54.6 Å². The zero-order valence-electron chi connectivity index (χ0n) is 20.8. The summed E-state index contributed by atoms with van der Waals surface area (Å²) in [7, 11) is -2.88. The van der Waals surface area contributed by atoms with Gasteiger partial charge in [-0.25, -0.2) is 8.42 Å². The molecule has 1 unspecified atom stereocenters. The van der Waals surface area contributed by atoms with Gasteiger partial charge in [-0.2, -0.15) is 5.10 Å². The van der Waals surface area contributed by atoms with Crippen LogP contribution in [0.15, 0.2) is 107 Å². The van der Waals surface area contributed by atoms with Crippen molar-refractivity contribution in [2.45, 2.75) is 17.4 Å². The predicted octanol–water partition coefficient (Wildman–Crippen LogP) is 5.74. The Balaban J connectivity index is 1.52. The Kier molecular flexibility index (Phi) is 7.15. The molecule has 0 radical (unpaired) electrons. The molecule has 1 atom stereocenters. The van der Waals surface area contributed by atoms with Gasteiger partial charge in [0.1, 0.15) is 22.5 Å². The Morgan fingerprint density at radius 1 is 0.949 bits per heavy atom. The fourth-order valence-electron chi connectivity index (χ4n) is 4.24. The molecule has 0 saturated heterocycles. The van der Waals surface area contributed by atoms with Crippen LogP contribution >= 0.6 is 0 Å². The fraction of sp³-hybridized carbons (Fsp3) is 0.107. The smallest absolute Gasteiger partial charge is 0.270 e. The zero-order valence-corrected chi connectivity index (χ0v) is 21.6. The monoisotopic (exact) mass is 544 g/mol. The van der Waals surface area contributed by atoms with Crippen molar-refractivity contribution in [3.05, 3.63) is 118 Å². The molecule has 5 rings (SSSR count). The van der Waals surface area contributed by atoms with Crippen LogP contribution in [0.25, 0.3) is 0 Å². The van der Waals surface area contributed by atoms with Crippen molar-refractivity contribution in [3.8, 4) is 11.5 Å². The van der Waals surface area contributed by atoms with Crippen molar-refractivity contribution < 1.29 is 22.8 Å². The van der Waals surface area contributed by atoms with Crippen molar-refractivity contribution in [2.24, 2.45) is 5.10 Å². The van der Waals surface area contributed by atoms with Gasteiger partial charge >= 0.3 is 0 Å². The predicted molar refractivity (Wildman–Crippen MR) is 148 cm³/mol. The molecule has 0 amide bonds. The van der Waals surface area contributed by atoms with Gasteiger partial charge in [0, 0.05) is 24.1 Å². The number of anilines is 2. The number of benzene rings is 4. The number of hydrogen-bond donors (Lipinski definition) is 2. The Morgan fingerprint density at radius 3 is 2.44 bits per heavy atom. The molecule has 0 spiro atoms. The van der Waals surface area contributed by atoms with E-state index in [-0.39, 0.29) is 28.1 Å². The normalized spacial score (nSPS) is 15.6. The number of rotatable bonds is 8. The summed E-state index contributed by atoms with van der Waals surface area (Å²) in [6, 6.07) is 27.1. The number of nitrogens with zero attached hydrogens (tertiary/aromatic N) is 2. The van der Waals surface area contributed by atoms with Gasteiger partial charge in [0.05, 0.1) is 29.1 Å². The topological polar surface area (TPSA) is 132 Å². The van der Waals surface area contributed by atoms with Gasteiger partial charge in [-0.05, 0) is 35.9 Å². The second-order valence-corrected chi connectivity index (χ2v) is 10.3. The molecule has 198 valence electrons. The fourth-order valence-corrected chi connectivity index (χ4v) is 5.49. The molecular formula is C28H24N4O6S. The minimum Gasteiger partial charge on any atom is -0.495 e. The van der Waals surface area contributed by atoms with Crippen LogP contribution in [0.5, 0.6) is 11.5 Å². The summed E-state index contributed by atoms with van der Waals surface area (Å²) < 4.78 is 40.8. The minimum absolute atomic E-state index is 0.0655. The van der Waals surface area contributed by atoms with Crippen molar-refractivity contribution in [1.29, 1.82) is 0 Å². The SMILES string of the molecule is COc1ccccc1NS(=O)(=O)c1cc([N+](=O)[O-])ccc1N/N=C1/CC(c2ccccc2)Oc2ccccc21. The Bertz CT molecular complexity index is 1660. The van der Waals surface area contributed by atoms with Gasteiger partial charge in [-0.1, -0.05) is 54.6 Å². The first-order valence-electron chi connectivity index (χ1n) is 11.9. The molecule has 1 heterocycles. The molecule has 0 aromatic heterocycles. The largest absolute Gasteiger partial charge is 0.495 e. The third-order valence-electron chi connectivity index (χ3n) is 6.15. The number of nitrogens with one attached hydrogen (secondary N) is 2. The van der Waals surface area contributed by atoms with Crippen molar-refractivity contribution >= 4 is 32.8 Å². The number of fused-ring (bicyclic) bond motifs is 1. The highest BCUT2D eigenvalue weighted by Crippen LogP contribution is 2.36. The minimum atomic E-state index is -4.29. The third-order valence-corrected chi connectivity index (χ3v) is 7.55. The van der Waals surface area contributed by atoms with Gasteiger partial charge in [-0.15, -0.1) is 0 Å². The Labute approximate surface area is 225 Å². The lowest BCUT2D eigenvalue weighted by Crippen LogP contribution is -2.22. The molecule has 11 heteroatoms. The highest BCUT2D eigenvalue weighted by Gasteiger charge is 2.27. The molecule has 0 fully saturated rings. The third kappa shape index (κ3) is 5.53. The van der Waals surface area contributed by atoms with E-state index in [0.29, 0.717) is 23.6 Å². The van der Waals surface area contributed by atoms with E-state index in [2.05, 4.69) is 15.2 Å². The average molecular weight is 545 g/mol. The average Bonchev–Trinajstić information content (AvgIpc) is 2.96.